The zero-order valence-electron chi connectivity index (χ0n) is 18.5. The fraction of sp³-hybridized carbons (Fsp3) is 1.00. The van der Waals surface area contributed by atoms with Gasteiger partial charge in [0.2, 0.25) is 0 Å². The summed E-state index contributed by atoms with van der Waals surface area (Å²) in [6.45, 7) is 4.60. The zero-order chi connectivity index (χ0) is 19.1. The van der Waals surface area contributed by atoms with Crippen LogP contribution in [0.5, 0.6) is 0 Å². The Balaban J connectivity index is 3.13. The third kappa shape index (κ3) is 23.1. The molecule has 0 heterocycles. The van der Waals surface area contributed by atoms with E-state index >= 15 is 0 Å². The predicted molar refractivity (Wildman–Crippen MR) is 127 cm³/mol. The number of hydrogen-bond acceptors (Lipinski definition) is 1. The summed E-state index contributed by atoms with van der Waals surface area (Å²) >= 11 is -1.33. The molecular formula is C24H50SSn. The molecule has 0 unspecified atom stereocenters. The molecule has 0 rings (SSSR count). The number of rotatable bonds is 22. The molecule has 156 valence electrons. The third-order valence-corrected chi connectivity index (χ3v) is 13.6. The molecule has 0 aliphatic carbocycles. The van der Waals surface area contributed by atoms with Gasteiger partial charge in [0.25, 0.3) is 0 Å². The van der Waals surface area contributed by atoms with Gasteiger partial charge in [0, 0.05) is 0 Å². The van der Waals surface area contributed by atoms with Gasteiger partial charge in [-0.1, -0.05) is 0 Å². The fourth-order valence-corrected chi connectivity index (χ4v) is 10.1. The average Bonchev–Trinajstić information content (AvgIpc) is 2.64. The van der Waals surface area contributed by atoms with Crippen LogP contribution in [0, 0.1) is 0 Å². The second kappa shape index (κ2) is 24.1. The van der Waals surface area contributed by atoms with E-state index in [4.69, 9.17) is 9.29 Å². The van der Waals surface area contributed by atoms with Crippen molar-refractivity contribution in [3.8, 4) is 0 Å². The van der Waals surface area contributed by atoms with Crippen molar-refractivity contribution in [1.82, 2.24) is 0 Å². The molecule has 0 N–H and O–H groups in total. The minimum absolute atomic E-state index is 1.33. The summed E-state index contributed by atoms with van der Waals surface area (Å²) in [6, 6.07) is 0. The van der Waals surface area contributed by atoms with Crippen molar-refractivity contribution in [1.29, 1.82) is 0 Å². The van der Waals surface area contributed by atoms with Crippen LogP contribution in [0.2, 0.25) is 8.87 Å². The summed E-state index contributed by atoms with van der Waals surface area (Å²) in [5.74, 6) is 0. The maximum absolute atomic E-state index is 5.85. The quantitative estimate of drug-likeness (QED) is 0.108. The van der Waals surface area contributed by atoms with Gasteiger partial charge in [-0.05, 0) is 0 Å². The van der Waals surface area contributed by atoms with Crippen LogP contribution < -0.4 is 0 Å². The molecular weight excluding hydrogens is 439 g/mol. The van der Waals surface area contributed by atoms with Crippen LogP contribution in [0.25, 0.3) is 0 Å². The second-order valence-electron chi connectivity index (χ2n) is 8.40. The van der Waals surface area contributed by atoms with Crippen LogP contribution in [0.15, 0.2) is 0 Å². The molecule has 0 fully saturated rings. The Morgan fingerprint density at radius 1 is 0.385 bits per heavy atom. The Labute approximate surface area is 177 Å². The van der Waals surface area contributed by atoms with Gasteiger partial charge in [0.1, 0.15) is 0 Å². The SMILES string of the molecule is CCCCCCCCCCC[CH2][Sn](=[S])[CH2]CCCCCCCCCCC. The molecule has 0 saturated heterocycles. The standard InChI is InChI=1S/2C12H25.S.Sn/c2*1-3-5-7-9-11-12-10-8-6-4-2;;/h2*1,3-12H2,2H3;;. The van der Waals surface area contributed by atoms with Crippen molar-refractivity contribution in [2.45, 2.75) is 151 Å². The van der Waals surface area contributed by atoms with Crippen molar-refractivity contribution in [2.24, 2.45) is 0 Å². The van der Waals surface area contributed by atoms with Crippen molar-refractivity contribution < 1.29 is 0 Å². The molecule has 0 nitrogen and oxygen atoms in total. The summed E-state index contributed by atoms with van der Waals surface area (Å²) in [5.41, 5.74) is 0. The van der Waals surface area contributed by atoms with E-state index < -0.39 is 17.8 Å². The van der Waals surface area contributed by atoms with E-state index in [1.807, 2.05) is 0 Å². The summed E-state index contributed by atoms with van der Waals surface area (Å²) in [5, 5.41) is 0. The fourth-order valence-electron chi connectivity index (χ4n) is 3.74. The van der Waals surface area contributed by atoms with Gasteiger partial charge >= 0.3 is 178 Å². The Morgan fingerprint density at radius 3 is 0.885 bits per heavy atom. The summed E-state index contributed by atoms with van der Waals surface area (Å²) in [7, 11) is 5.85. The molecule has 0 aliphatic rings. The van der Waals surface area contributed by atoms with Crippen molar-refractivity contribution in [3.05, 3.63) is 0 Å². The van der Waals surface area contributed by atoms with Crippen LogP contribution in [-0.4, -0.2) is 17.8 Å². The molecule has 2 heteroatoms. The van der Waals surface area contributed by atoms with Gasteiger partial charge in [0.05, 0.1) is 0 Å². The van der Waals surface area contributed by atoms with Crippen molar-refractivity contribution in [3.63, 3.8) is 0 Å². The summed E-state index contributed by atoms with van der Waals surface area (Å²) in [4.78, 5) is 0. The molecule has 0 amide bonds. The molecule has 26 heavy (non-hydrogen) atoms. The molecule has 0 aromatic rings. The Hall–Kier alpha value is 1.02. The zero-order valence-corrected chi connectivity index (χ0v) is 22.1. The molecule has 0 aliphatic heterocycles. The normalized spacial score (nSPS) is 11.2. The van der Waals surface area contributed by atoms with Gasteiger partial charge in [-0.2, -0.15) is 0 Å². The molecule has 0 saturated carbocycles. The maximum atomic E-state index is 5.85. The van der Waals surface area contributed by atoms with E-state index in [-0.39, 0.29) is 0 Å². The Bertz CT molecular complexity index is 251. The second-order valence-corrected chi connectivity index (χ2v) is 18.2. The predicted octanol–water partition coefficient (Wildman–Crippen LogP) is 10.0. The van der Waals surface area contributed by atoms with Gasteiger partial charge in [0.15, 0.2) is 0 Å². The van der Waals surface area contributed by atoms with E-state index in [1.165, 1.54) is 137 Å². The number of unbranched alkanes of at least 4 members (excludes halogenated alkanes) is 18. The molecule has 0 radical (unpaired) electrons. The van der Waals surface area contributed by atoms with Crippen molar-refractivity contribution >= 4 is 27.1 Å². The molecule has 0 spiro atoms. The van der Waals surface area contributed by atoms with E-state index in [9.17, 15) is 0 Å². The van der Waals surface area contributed by atoms with E-state index in [2.05, 4.69) is 13.8 Å². The van der Waals surface area contributed by atoms with Crippen LogP contribution in [0.4, 0.5) is 0 Å². The van der Waals surface area contributed by atoms with Crippen LogP contribution in [0.1, 0.15) is 142 Å². The van der Waals surface area contributed by atoms with Gasteiger partial charge in [-0.15, -0.1) is 0 Å². The third-order valence-electron chi connectivity index (χ3n) is 5.62. The molecule has 0 aromatic heterocycles. The topological polar surface area (TPSA) is 0 Å². The average molecular weight is 489 g/mol. The van der Waals surface area contributed by atoms with E-state index in [1.54, 1.807) is 0 Å². The minimum atomic E-state index is -1.33. The monoisotopic (exact) mass is 490 g/mol. The molecule has 0 atom stereocenters. The summed E-state index contributed by atoms with van der Waals surface area (Å²) < 4.78 is 2.98. The van der Waals surface area contributed by atoms with Gasteiger partial charge in [-0.25, -0.2) is 0 Å². The van der Waals surface area contributed by atoms with Crippen LogP contribution in [0.3, 0.4) is 0 Å². The first-order chi connectivity index (χ1) is 12.8. The first-order valence-corrected chi connectivity index (χ1v) is 20.3. The van der Waals surface area contributed by atoms with Crippen LogP contribution in [-0.2, 0) is 0 Å². The molecule has 0 aromatic carbocycles. The van der Waals surface area contributed by atoms with E-state index in [0.29, 0.717) is 0 Å². The Kier molecular flexibility index (Phi) is 25.0. The van der Waals surface area contributed by atoms with E-state index in [0.717, 1.165) is 0 Å². The summed E-state index contributed by atoms with van der Waals surface area (Å²) in [6.07, 6.45) is 29.1. The first-order valence-electron chi connectivity index (χ1n) is 12.3. The Morgan fingerprint density at radius 2 is 0.615 bits per heavy atom. The van der Waals surface area contributed by atoms with Crippen LogP contribution >= 0.6 is 9.29 Å². The van der Waals surface area contributed by atoms with Crippen molar-refractivity contribution in [2.75, 3.05) is 0 Å². The number of hydrogen-bond donors (Lipinski definition) is 0. The van der Waals surface area contributed by atoms with Gasteiger partial charge < -0.3 is 0 Å². The van der Waals surface area contributed by atoms with Gasteiger partial charge in [-0.3, -0.25) is 0 Å². The molecule has 0 bridgehead atoms. The first kappa shape index (κ1) is 27.0.